The van der Waals surface area contributed by atoms with Gasteiger partial charge in [0.05, 0.1) is 12.4 Å². The number of hydrogen-bond donors (Lipinski definition) is 0. The summed E-state index contributed by atoms with van der Waals surface area (Å²) in [4.78, 5) is 0. The molecular formula is C16H18O3S. The van der Waals surface area contributed by atoms with E-state index in [0.29, 0.717) is 13.0 Å². The fraction of sp³-hybridized carbons (Fsp3) is 0.250. The van der Waals surface area contributed by atoms with E-state index in [4.69, 9.17) is 4.74 Å². The molecule has 0 atom stereocenters. The zero-order chi connectivity index (χ0) is 14.4. The van der Waals surface area contributed by atoms with Crippen LogP contribution in [-0.2, 0) is 9.84 Å². The number of rotatable bonds is 6. The smallest absolute Gasteiger partial charge is 0.147 e. The predicted molar refractivity (Wildman–Crippen MR) is 81.7 cm³/mol. The van der Waals surface area contributed by atoms with E-state index in [1.165, 1.54) is 6.26 Å². The average molecular weight is 290 g/mol. The first kappa shape index (κ1) is 14.6. The molecule has 0 unspecified atom stereocenters. The van der Waals surface area contributed by atoms with Crippen molar-refractivity contribution in [2.45, 2.75) is 6.42 Å². The van der Waals surface area contributed by atoms with Crippen molar-refractivity contribution < 1.29 is 13.2 Å². The van der Waals surface area contributed by atoms with Gasteiger partial charge in [-0.05, 0) is 18.1 Å². The van der Waals surface area contributed by atoms with Crippen LogP contribution >= 0.6 is 0 Å². The molecule has 0 spiro atoms. The van der Waals surface area contributed by atoms with Crippen molar-refractivity contribution in [2.75, 3.05) is 18.6 Å². The second-order valence-electron chi connectivity index (χ2n) is 4.69. The molecule has 106 valence electrons. The Morgan fingerprint density at radius 2 is 1.60 bits per heavy atom. The highest BCUT2D eigenvalue weighted by Gasteiger charge is 2.06. The van der Waals surface area contributed by atoms with Gasteiger partial charge in [0.15, 0.2) is 0 Å². The summed E-state index contributed by atoms with van der Waals surface area (Å²) in [6.07, 6.45) is 1.74. The van der Waals surface area contributed by atoms with Crippen LogP contribution in [-0.4, -0.2) is 27.0 Å². The van der Waals surface area contributed by atoms with Crippen molar-refractivity contribution >= 4 is 9.84 Å². The molecular weight excluding hydrogens is 272 g/mol. The van der Waals surface area contributed by atoms with Crippen LogP contribution in [0.1, 0.15) is 6.42 Å². The zero-order valence-electron chi connectivity index (χ0n) is 11.5. The first-order valence-corrected chi connectivity index (χ1v) is 8.57. The third-order valence-corrected chi connectivity index (χ3v) is 3.92. The van der Waals surface area contributed by atoms with E-state index in [1.54, 1.807) is 0 Å². The van der Waals surface area contributed by atoms with E-state index in [-0.39, 0.29) is 5.75 Å². The molecule has 2 aromatic rings. The van der Waals surface area contributed by atoms with Gasteiger partial charge in [-0.25, -0.2) is 8.42 Å². The van der Waals surface area contributed by atoms with Gasteiger partial charge in [0, 0.05) is 11.8 Å². The summed E-state index contributed by atoms with van der Waals surface area (Å²) >= 11 is 0. The molecule has 0 amide bonds. The number of hydrogen-bond acceptors (Lipinski definition) is 3. The van der Waals surface area contributed by atoms with E-state index in [0.717, 1.165) is 16.9 Å². The lowest BCUT2D eigenvalue weighted by atomic mass is 10.1. The highest BCUT2D eigenvalue weighted by atomic mass is 32.2. The van der Waals surface area contributed by atoms with E-state index >= 15 is 0 Å². The third kappa shape index (κ3) is 4.38. The first-order chi connectivity index (χ1) is 9.56. The summed E-state index contributed by atoms with van der Waals surface area (Å²) in [5.74, 6) is 0.938. The maximum atomic E-state index is 11.1. The molecule has 3 nitrogen and oxygen atoms in total. The fourth-order valence-electron chi connectivity index (χ4n) is 1.95. The third-order valence-electron chi connectivity index (χ3n) is 2.89. The van der Waals surface area contributed by atoms with Crippen molar-refractivity contribution in [1.29, 1.82) is 0 Å². The van der Waals surface area contributed by atoms with E-state index in [9.17, 15) is 8.42 Å². The minimum absolute atomic E-state index is 0.153. The number of sulfone groups is 1. The van der Waals surface area contributed by atoms with Crippen molar-refractivity contribution in [2.24, 2.45) is 0 Å². The summed E-state index contributed by atoms with van der Waals surface area (Å²) in [5, 5.41) is 0. The molecule has 0 aliphatic heterocycles. The molecule has 2 aromatic carbocycles. The minimum atomic E-state index is -2.92. The Bertz CT molecular complexity index is 648. The lowest BCUT2D eigenvalue weighted by Crippen LogP contribution is -2.08. The quantitative estimate of drug-likeness (QED) is 0.768. The van der Waals surface area contributed by atoms with Gasteiger partial charge in [0.2, 0.25) is 0 Å². The molecule has 20 heavy (non-hydrogen) atoms. The van der Waals surface area contributed by atoms with Gasteiger partial charge in [0.25, 0.3) is 0 Å². The Morgan fingerprint density at radius 3 is 2.30 bits per heavy atom. The van der Waals surface area contributed by atoms with Gasteiger partial charge < -0.3 is 4.74 Å². The lowest BCUT2D eigenvalue weighted by Gasteiger charge is -2.11. The molecule has 0 N–H and O–H groups in total. The van der Waals surface area contributed by atoms with Crippen molar-refractivity contribution in [1.82, 2.24) is 0 Å². The van der Waals surface area contributed by atoms with E-state index in [1.807, 2.05) is 54.6 Å². The van der Waals surface area contributed by atoms with Crippen LogP contribution in [0.5, 0.6) is 5.75 Å². The molecule has 0 heterocycles. The number of ether oxygens (including phenoxy) is 1. The second-order valence-corrected chi connectivity index (χ2v) is 6.95. The highest BCUT2D eigenvalue weighted by Crippen LogP contribution is 2.29. The van der Waals surface area contributed by atoms with Gasteiger partial charge in [0.1, 0.15) is 15.6 Å². The minimum Gasteiger partial charge on any atom is -0.493 e. The first-order valence-electron chi connectivity index (χ1n) is 6.51. The molecule has 0 bridgehead atoms. The van der Waals surface area contributed by atoms with Gasteiger partial charge in [-0.1, -0.05) is 48.5 Å². The lowest BCUT2D eigenvalue weighted by molar-refractivity contribution is 0.319. The van der Waals surface area contributed by atoms with Gasteiger partial charge in [-0.2, -0.15) is 0 Å². The molecule has 0 saturated heterocycles. The van der Waals surface area contributed by atoms with Crippen LogP contribution in [0.15, 0.2) is 54.6 Å². The van der Waals surface area contributed by atoms with Crippen molar-refractivity contribution in [3.05, 3.63) is 54.6 Å². The van der Waals surface area contributed by atoms with Crippen LogP contribution in [0.25, 0.3) is 11.1 Å². The zero-order valence-corrected chi connectivity index (χ0v) is 12.3. The Hall–Kier alpha value is -1.81. The monoisotopic (exact) mass is 290 g/mol. The highest BCUT2D eigenvalue weighted by molar-refractivity contribution is 7.90. The summed E-state index contributed by atoms with van der Waals surface area (Å²) < 4.78 is 27.9. The number of para-hydroxylation sites is 1. The molecule has 0 aliphatic rings. The fourth-order valence-corrected chi connectivity index (χ4v) is 2.59. The molecule has 0 aliphatic carbocycles. The molecule has 4 heteroatoms. The molecule has 0 fully saturated rings. The summed E-state index contributed by atoms with van der Waals surface area (Å²) in [6, 6.07) is 17.8. The summed E-state index contributed by atoms with van der Waals surface area (Å²) in [5.41, 5.74) is 2.11. The SMILES string of the molecule is CS(=O)(=O)CCCOc1ccccc1-c1ccccc1. The van der Waals surface area contributed by atoms with Crippen LogP contribution < -0.4 is 4.74 Å². The van der Waals surface area contributed by atoms with Crippen LogP contribution in [0, 0.1) is 0 Å². The van der Waals surface area contributed by atoms with E-state index in [2.05, 4.69) is 0 Å². The van der Waals surface area contributed by atoms with Gasteiger partial charge >= 0.3 is 0 Å². The van der Waals surface area contributed by atoms with Crippen LogP contribution in [0.2, 0.25) is 0 Å². The predicted octanol–water partition coefficient (Wildman–Crippen LogP) is 3.17. The largest absolute Gasteiger partial charge is 0.493 e. The standard InChI is InChI=1S/C16H18O3S/c1-20(17,18)13-7-12-19-16-11-6-5-10-15(16)14-8-3-2-4-9-14/h2-6,8-11H,7,12-13H2,1H3. The average Bonchev–Trinajstić information content (AvgIpc) is 2.44. The summed E-state index contributed by atoms with van der Waals surface area (Å²) in [6.45, 7) is 0.400. The van der Waals surface area contributed by atoms with Crippen LogP contribution in [0.3, 0.4) is 0 Å². The van der Waals surface area contributed by atoms with Crippen molar-refractivity contribution in [3.63, 3.8) is 0 Å². The van der Waals surface area contributed by atoms with Crippen LogP contribution in [0.4, 0.5) is 0 Å². The second kappa shape index (κ2) is 6.57. The summed E-state index contributed by atoms with van der Waals surface area (Å²) in [7, 11) is -2.92. The molecule has 0 radical (unpaired) electrons. The van der Waals surface area contributed by atoms with Gasteiger partial charge in [-0.3, -0.25) is 0 Å². The maximum Gasteiger partial charge on any atom is 0.147 e. The normalized spacial score (nSPS) is 11.2. The topological polar surface area (TPSA) is 43.4 Å². The Kier molecular flexibility index (Phi) is 4.79. The molecule has 0 aromatic heterocycles. The maximum absolute atomic E-state index is 11.1. The van der Waals surface area contributed by atoms with E-state index < -0.39 is 9.84 Å². The van der Waals surface area contributed by atoms with Gasteiger partial charge in [-0.15, -0.1) is 0 Å². The molecule has 0 saturated carbocycles. The number of benzene rings is 2. The molecule has 2 rings (SSSR count). The Morgan fingerprint density at radius 1 is 0.950 bits per heavy atom. The Balaban J connectivity index is 2.06. The van der Waals surface area contributed by atoms with Crippen molar-refractivity contribution in [3.8, 4) is 16.9 Å². The Labute approximate surface area is 120 Å².